The van der Waals surface area contributed by atoms with Crippen LogP contribution in [0.3, 0.4) is 0 Å². The van der Waals surface area contributed by atoms with Gasteiger partial charge < -0.3 is 15.5 Å². The van der Waals surface area contributed by atoms with Crippen molar-refractivity contribution in [2.24, 2.45) is 5.73 Å². The molecule has 0 aliphatic carbocycles. The quantitative estimate of drug-likeness (QED) is 0.847. The van der Waals surface area contributed by atoms with E-state index in [4.69, 9.17) is 5.73 Å². The Labute approximate surface area is 137 Å². The first kappa shape index (κ1) is 18.6. The van der Waals surface area contributed by atoms with Gasteiger partial charge in [0, 0.05) is 30.8 Å². The molecule has 2 heterocycles. The third kappa shape index (κ3) is 4.05. The summed E-state index contributed by atoms with van der Waals surface area (Å²) in [5.41, 5.74) is 6.03. The predicted molar refractivity (Wildman–Crippen MR) is 88.5 cm³/mol. The summed E-state index contributed by atoms with van der Waals surface area (Å²) in [4.78, 5) is 28.4. The van der Waals surface area contributed by atoms with E-state index in [2.05, 4.69) is 0 Å². The number of hydrogen-bond donors (Lipinski definition) is 1. The third-order valence-corrected chi connectivity index (χ3v) is 5.24. The Hall–Kier alpha value is -0.460. The van der Waals surface area contributed by atoms with Crippen LogP contribution in [0.1, 0.15) is 39.5 Å². The number of nitrogens with two attached hydrogens (primary N) is 1. The van der Waals surface area contributed by atoms with Crippen molar-refractivity contribution in [3.8, 4) is 0 Å². The molecule has 2 aliphatic heterocycles. The highest BCUT2D eigenvalue weighted by atomic mass is 35.5. The van der Waals surface area contributed by atoms with Gasteiger partial charge in [-0.05, 0) is 26.2 Å². The maximum absolute atomic E-state index is 12.8. The zero-order valence-corrected chi connectivity index (χ0v) is 14.4. The number of carbonyl (C=O) groups excluding carboxylic acids is 2. The van der Waals surface area contributed by atoms with E-state index in [-0.39, 0.29) is 42.3 Å². The van der Waals surface area contributed by atoms with Crippen LogP contribution in [0.4, 0.5) is 0 Å². The normalized spacial score (nSPS) is 27.2. The fourth-order valence-electron chi connectivity index (χ4n) is 3.07. The summed E-state index contributed by atoms with van der Waals surface area (Å²) in [6, 6.07) is -0.170. The number of piperidine rings is 1. The predicted octanol–water partition coefficient (Wildman–Crippen LogP) is 1.45. The van der Waals surface area contributed by atoms with E-state index in [1.807, 2.05) is 18.7 Å². The van der Waals surface area contributed by atoms with Crippen molar-refractivity contribution in [2.45, 2.75) is 57.7 Å². The molecule has 3 unspecified atom stereocenters. The van der Waals surface area contributed by atoms with Gasteiger partial charge in [-0.1, -0.05) is 6.92 Å². The van der Waals surface area contributed by atoms with Crippen molar-refractivity contribution < 1.29 is 9.59 Å². The largest absolute Gasteiger partial charge is 0.336 e. The fourth-order valence-corrected chi connectivity index (χ4v) is 4.24. The maximum atomic E-state index is 12.8. The maximum Gasteiger partial charge on any atom is 0.246 e. The molecule has 0 spiro atoms. The Bertz CT molecular complexity index is 381. The van der Waals surface area contributed by atoms with Crippen LogP contribution in [0.5, 0.6) is 0 Å². The molecule has 7 heteroatoms. The summed E-state index contributed by atoms with van der Waals surface area (Å²) in [5, 5.41) is 0. The molecule has 3 atom stereocenters. The van der Waals surface area contributed by atoms with E-state index in [0.717, 1.165) is 25.8 Å². The summed E-state index contributed by atoms with van der Waals surface area (Å²) in [6.45, 7) is 4.59. The van der Waals surface area contributed by atoms with E-state index in [9.17, 15) is 9.59 Å². The lowest BCUT2D eigenvalue weighted by atomic mass is 9.96. The molecule has 2 rings (SSSR count). The van der Waals surface area contributed by atoms with Crippen molar-refractivity contribution >= 4 is 36.0 Å². The molecular weight excluding hydrogens is 310 g/mol. The van der Waals surface area contributed by atoms with Crippen molar-refractivity contribution in [3.63, 3.8) is 0 Å². The molecule has 0 aromatic rings. The number of likely N-dealkylation sites (tertiary alicyclic amines) is 1. The van der Waals surface area contributed by atoms with Crippen LogP contribution in [0.15, 0.2) is 0 Å². The van der Waals surface area contributed by atoms with Crippen LogP contribution in [0.25, 0.3) is 0 Å². The molecule has 2 amide bonds. The highest BCUT2D eigenvalue weighted by Crippen LogP contribution is 2.27. The molecule has 0 bridgehead atoms. The molecule has 5 nitrogen and oxygen atoms in total. The zero-order chi connectivity index (χ0) is 14.7. The van der Waals surface area contributed by atoms with Gasteiger partial charge >= 0.3 is 0 Å². The lowest BCUT2D eigenvalue weighted by molar-refractivity contribution is -0.146. The van der Waals surface area contributed by atoms with Crippen molar-refractivity contribution in [2.75, 3.05) is 18.2 Å². The summed E-state index contributed by atoms with van der Waals surface area (Å²) in [6.07, 6.45) is 3.61. The Balaban J connectivity index is 0.00000220. The van der Waals surface area contributed by atoms with Crippen LogP contribution >= 0.6 is 24.2 Å². The zero-order valence-electron chi connectivity index (χ0n) is 12.8. The second-order valence-electron chi connectivity index (χ2n) is 5.69. The van der Waals surface area contributed by atoms with Crippen molar-refractivity contribution in [1.82, 2.24) is 9.80 Å². The highest BCUT2D eigenvalue weighted by Gasteiger charge is 2.39. The summed E-state index contributed by atoms with van der Waals surface area (Å²) in [5.74, 6) is 1.52. The van der Waals surface area contributed by atoms with E-state index in [1.165, 1.54) is 0 Å². The molecule has 2 N–H and O–H groups in total. The smallest absolute Gasteiger partial charge is 0.246 e. The number of nitrogens with zero attached hydrogens (tertiary/aromatic N) is 2. The minimum absolute atomic E-state index is 0. The Morgan fingerprint density at radius 2 is 2.05 bits per heavy atom. The Morgan fingerprint density at radius 1 is 1.33 bits per heavy atom. The van der Waals surface area contributed by atoms with Crippen LogP contribution in [0, 0.1) is 0 Å². The topological polar surface area (TPSA) is 66.6 Å². The van der Waals surface area contributed by atoms with Crippen LogP contribution in [-0.2, 0) is 9.59 Å². The number of carbonyl (C=O) groups is 2. The van der Waals surface area contributed by atoms with Crippen LogP contribution in [0.2, 0.25) is 0 Å². The molecule has 122 valence electrons. The first-order valence-electron chi connectivity index (χ1n) is 7.49. The molecule has 2 aliphatic rings. The van der Waals surface area contributed by atoms with Gasteiger partial charge in [0.1, 0.15) is 6.04 Å². The van der Waals surface area contributed by atoms with Gasteiger partial charge in [-0.25, -0.2) is 0 Å². The first-order valence-corrected chi connectivity index (χ1v) is 8.65. The van der Waals surface area contributed by atoms with Gasteiger partial charge in [0.05, 0.1) is 5.88 Å². The highest BCUT2D eigenvalue weighted by molar-refractivity contribution is 7.99. The second-order valence-corrected chi connectivity index (χ2v) is 6.69. The molecule has 0 radical (unpaired) electrons. The van der Waals surface area contributed by atoms with Gasteiger partial charge in [0.25, 0.3) is 0 Å². The minimum Gasteiger partial charge on any atom is -0.336 e. The lowest BCUT2D eigenvalue weighted by Gasteiger charge is -2.40. The summed E-state index contributed by atoms with van der Waals surface area (Å²) < 4.78 is 0. The van der Waals surface area contributed by atoms with Crippen molar-refractivity contribution in [3.05, 3.63) is 0 Å². The fraction of sp³-hybridized carbons (Fsp3) is 0.857. The van der Waals surface area contributed by atoms with Gasteiger partial charge in [-0.15, -0.1) is 24.2 Å². The SMILES string of the molecule is CCC(=O)N1CSCC1C(=O)N1CCCCC1C(C)N.Cl. The van der Waals surface area contributed by atoms with E-state index in [0.29, 0.717) is 18.1 Å². The number of thioether (sulfide) groups is 1. The van der Waals surface area contributed by atoms with Gasteiger partial charge in [0.2, 0.25) is 11.8 Å². The van der Waals surface area contributed by atoms with Crippen molar-refractivity contribution in [1.29, 1.82) is 0 Å². The van der Waals surface area contributed by atoms with Gasteiger partial charge in [-0.3, -0.25) is 9.59 Å². The van der Waals surface area contributed by atoms with Gasteiger partial charge in [-0.2, -0.15) is 0 Å². The molecule has 2 saturated heterocycles. The average molecular weight is 336 g/mol. The summed E-state index contributed by atoms with van der Waals surface area (Å²) >= 11 is 1.66. The monoisotopic (exact) mass is 335 g/mol. The standard InChI is InChI=1S/C14H25N3O2S.ClH/c1-3-13(18)17-9-20-8-12(17)14(19)16-7-5-4-6-11(16)10(2)15;/h10-12H,3-9,15H2,1-2H3;1H. The van der Waals surface area contributed by atoms with Gasteiger partial charge in [0.15, 0.2) is 0 Å². The van der Waals surface area contributed by atoms with E-state index >= 15 is 0 Å². The lowest BCUT2D eigenvalue weighted by Crippen LogP contribution is -2.57. The molecule has 2 fully saturated rings. The molecule has 0 aromatic carbocycles. The molecule has 21 heavy (non-hydrogen) atoms. The number of hydrogen-bond acceptors (Lipinski definition) is 4. The Kier molecular flexibility index (Phi) is 7.30. The third-order valence-electron chi connectivity index (χ3n) is 4.23. The molecule has 0 saturated carbocycles. The van der Waals surface area contributed by atoms with Crippen LogP contribution < -0.4 is 5.73 Å². The average Bonchev–Trinajstić information content (AvgIpc) is 2.95. The minimum atomic E-state index is -0.285. The summed E-state index contributed by atoms with van der Waals surface area (Å²) in [7, 11) is 0. The van der Waals surface area contributed by atoms with Crippen LogP contribution in [-0.4, -0.2) is 57.9 Å². The number of rotatable bonds is 3. The second kappa shape index (κ2) is 8.25. The van der Waals surface area contributed by atoms with E-state index < -0.39 is 0 Å². The molecule has 0 aromatic heterocycles. The number of halogens is 1. The first-order chi connectivity index (χ1) is 9.56. The Morgan fingerprint density at radius 3 is 2.67 bits per heavy atom. The number of amides is 2. The molecular formula is C14H26ClN3O2S. The van der Waals surface area contributed by atoms with E-state index in [1.54, 1.807) is 16.7 Å².